The Morgan fingerprint density at radius 1 is 1.45 bits per heavy atom. The Morgan fingerprint density at radius 3 is 2.55 bits per heavy atom. The van der Waals surface area contributed by atoms with Crippen molar-refractivity contribution in [2.24, 2.45) is 5.92 Å². The second-order valence-corrected chi connectivity index (χ2v) is 7.02. The van der Waals surface area contributed by atoms with Crippen LogP contribution in [0.4, 0.5) is 0 Å². The summed E-state index contributed by atoms with van der Waals surface area (Å²) in [6, 6.07) is 3.13. The SMILES string of the molecule is CNS(=O)(=O)c1ccc(C(=O)N2CC[C@@H]2C(C)C)cn1. The maximum absolute atomic E-state index is 12.3. The van der Waals surface area contributed by atoms with E-state index < -0.39 is 10.0 Å². The Labute approximate surface area is 119 Å². The van der Waals surface area contributed by atoms with E-state index in [-0.39, 0.29) is 17.0 Å². The molecule has 0 aliphatic carbocycles. The maximum atomic E-state index is 12.3. The van der Waals surface area contributed by atoms with Gasteiger partial charge in [-0.05, 0) is 31.5 Å². The molecule has 0 saturated carbocycles. The van der Waals surface area contributed by atoms with E-state index in [0.29, 0.717) is 11.5 Å². The molecule has 7 heteroatoms. The Balaban J connectivity index is 2.17. The summed E-state index contributed by atoms with van der Waals surface area (Å²) in [5.74, 6) is 0.334. The molecule has 1 aliphatic rings. The van der Waals surface area contributed by atoms with Gasteiger partial charge in [-0.3, -0.25) is 4.79 Å². The van der Waals surface area contributed by atoms with Crippen molar-refractivity contribution in [2.75, 3.05) is 13.6 Å². The number of pyridine rings is 1. The van der Waals surface area contributed by atoms with Crippen molar-refractivity contribution in [1.82, 2.24) is 14.6 Å². The fourth-order valence-corrected chi connectivity index (χ4v) is 2.94. The van der Waals surface area contributed by atoms with Crippen LogP contribution < -0.4 is 4.72 Å². The third-order valence-electron chi connectivity index (χ3n) is 3.62. The first kappa shape index (κ1) is 14.9. The second kappa shape index (κ2) is 5.49. The number of aromatic nitrogens is 1. The molecule has 2 heterocycles. The van der Waals surface area contributed by atoms with Gasteiger partial charge in [0.1, 0.15) is 0 Å². The summed E-state index contributed by atoms with van der Waals surface area (Å²) in [6.45, 7) is 4.92. The smallest absolute Gasteiger partial charge is 0.257 e. The zero-order valence-corrected chi connectivity index (χ0v) is 12.6. The lowest BCUT2D eigenvalue weighted by molar-refractivity contribution is 0.0347. The first-order valence-electron chi connectivity index (χ1n) is 6.57. The van der Waals surface area contributed by atoms with E-state index in [1.165, 1.54) is 25.4 Å². The van der Waals surface area contributed by atoms with Gasteiger partial charge in [-0.25, -0.2) is 18.1 Å². The van der Waals surface area contributed by atoms with Crippen molar-refractivity contribution >= 4 is 15.9 Å². The molecule has 0 unspecified atom stereocenters. The van der Waals surface area contributed by atoms with Gasteiger partial charge in [-0.1, -0.05) is 13.8 Å². The minimum Gasteiger partial charge on any atom is -0.335 e. The van der Waals surface area contributed by atoms with Crippen LogP contribution in [-0.2, 0) is 10.0 Å². The molecule has 1 amide bonds. The van der Waals surface area contributed by atoms with E-state index in [1.54, 1.807) is 0 Å². The molecule has 1 aromatic heterocycles. The molecular weight excluding hydrogens is 278 g/mol. The van der Waals surface area contributed by atoms with Crippen LogP contribution in [0.5, 0.6) is 0 Å². The quantitative estimate of drug-likeness (QED) is 0.894. The van der Waals surface area contributed by atoms with Gasteiger partial charge in [0.25, 0.3) is 15.9 Å². The summed E-state index contributed by atoms with van der Waals surface area (Å²) in [6.07, 6.45) is 2.34. The average molecular weight is 297 g/mol. The summed E-state index contributed by atoms with van der Waals surface area (Å²) in [5.41, 5.74) is 0.422. The number of hydrogen-bond acceptors (Lipinski definition) is 4. The average Bonchev–Trinajstić information content (AvgIpc) is 2.37. The summed E-state index contributed by atoms with van der Waals surface area (Å²) in [5, 5.41) is -0.0828. The molecule has 1 aromatic rings. The first-order chi connectivity index (χ1) is 9.36. The maximum Gasteiger partial charge on any atom is 0.257 e. The number of nitrogens with zero attached hydrogens (tertiary/aromatic N) is 2. The topological polar surface area (TPSA) is 79.4 Å². The van der Waals surface area contributed by atoms with Crippen LogP contribution >= 0.6 is 0 Å². The summed E-state index contributed by atoms with van der Waals surface area (Å²) in [7, 11) is -2.24. The number of nitrogens with one attached hydrogen (secondary N) is 1. The van der Waals surface area contributed by atoms with Crippen molar-refractivity contribution in [3.05, 3.63) is 23.9 Å². The predicted molar refractivity (Wildman–Crippen MR) is 74.8 cm³/mol. The van der Waals surface area contributed by atoms with Crippen LogP contribution in [-0.4, -0.2) is 43.8 Å². The standard InChI is InChI=1S/C13H19N3O3S/c1-9(2)11-6-7-16(11)13(17)10-4-5-12(15-8-10)20(18,19)14-3/h4-5,8-9,11,14H,6-7H2,1-3H3/t11-/m1/s1. The fraction of sp³-hybridized carbons (Fsp3) is 0.538. The van der Waals surface area contributed by atoms with E-state index >= 15 is 0 Å². The highest BCUT2D eigenvalue weighted by molar-refractivity contribution is 7.89. The minimum atomic E-state index is -3.56. The van der Waals surface area contributed by atoms with Crippen LogP contribution in [0.15, 0.2) is 23.4 Å². The third kappa shape index (κ3) is 2.69. The predicted octanol–water partition coefficient (Wildman–Crippen LogP) is 0.860. The highest BCUT2D eigenvalue weighted by Crippen LogP contribution is 2.26. The van der Waals surface area contributed by atoms with E-state index in [9.17, 15) is 13.2 Å². The first-order valence-corrected chi connectivity index (χ1v) is 8.05. The normalized spacial score (nSPS) is 19.0. The molecule has 0 radical (unpaired) electrons. The zero-order valence-electron chi connectivity index (χ0n) is 11.8. The van der Waals surface area contributed by atoms with Crippen LogP contribution in [0.3, 0.4) is 0 Å². The molecule has 2 rings (SSSR count). The molecule has 1 saturated heterocycles. The molecule has 0 bridgehead atoms. The van der Waals surface area contributed by atoms with Crippen molar-refractivity contribution < 1.29 is 13.2 Å². The fourth-order valence-electron chi connectivity index (χ4n) is 2.29. The summed E-state index contributed by atoms with van der Waals surface area (Å²) < 4.78 is 25.3. The Kier molecular flexibility index (Phi) is 4.10. The highest BCUT2D eigenvalue weighted by atomic mass is 32.2. The number of rotatable bonds is 4. The van der Waals surface area contributed by atoms with E-state index in [1.807, 2.05) is 4.90 Å². The Hall–Kier alpha value is -1.47. The van der Waals surface area contributed by atoms with E-state index in [0.717, 1.165) is 13.0 Å². The van der Waals surface area contributed by atoms with Crippen molar-refractivity contribution in [3.63, 3.8) is 0 Å². The number of likely N-dealkylation sites (tertiary alicyclic amines) is 1. The summed E-state index contributed by atoms with van der Waals surface area (Å²) >= 11 is 0. The third-order valence-corrected chi connectivity index (χ3v) is 4.95. The lowest BCUT2D eigenvalue weighted by atomic mass is 9.91. The molecule has 1 atom stereocenters. The molecule has 1 fully saturated rings. The molecule has 1 N–H and O–H groups in total. The van der Waals surface area contributed by atoms with Gasteiger partial charge in [0.05, 0.1) is 5.56 Å². The molecule has 0 spiro atoms. The number of sulfonamides is 1. The second-order valence-electron chi connectivity index (χ2n) is 5.19. The largest absolute Gasteiger partial charge is 0.335 e. The number of amides is 1. The van der Waals surface area contributed by atoms with Crippen LogP contribution in [0.2, 0.25) is 0 Å². The molecule has 6 nitrogen and oxygen atoms in total. The molecule has 110 valence electrons. The van der Waals surface area contributed by atoms with Gasteiger partial charge in [0.2, 0.25) is 0 Å². The molecule has 0 aromatic carbocycles. The number of hydrogen-bond donors (Lipinski definition) is 1. The van der Waals surface area contributed by atoms with Gasteiger partial charge in [-0.15, -0.1) is 0 Å². The van der Waals surface area contributed by atoms with Gasteiger partial charge in [0, 0.05) is 18.8 Å². The lowest BCUT2D eigenvalue weighted by Crippen LogP contribution is -2.53. The van der Waals surface area contributed by atoms with Crippen LogP contribution in [0, 0.1) is 5.92 Å². The van der Waals surface area contributed by atoms with Gasteiger partial charge in [0.15, 0.2) is 5.03 Å². The highest BCUT2D eigenvalue weighted by Gasteiger charge is 2.34. The summed E-state index contributed by atoms with van der Waals surface area (Å²) in [4.78, 5) is 18.0. The van der Waals surface area contributed by atoms with Crippen molar-refractivity contribution in [3.8, 4) is 0 Å². The van der Waals surface area contributed by atoms with Gasteiger partial charge in [-0.2, -0.15) is 0 Å². The number of carbonyl (C=O) groups excluding carboxylic acids is 1. The molecule has 1 aliphatic heterocycles. The minimum absolute atomic E-state index is 0.0828. The van der Waals surface area contributed by atoms with E-state index in [4.69, 9.17) is 0 Å². The van der Waals surface area contributed by atoms with E-state index in [2.05, 4.69) is 23.6 Å². The van der Waals surface area contributed by atoms with Crippen LogP contribution in [0.25, 0.3) is 0 Å². The Bertz CT molecular complexity index is 596. The van der Waals surface area contributed by atoms with Crippen molar-refractivity contribution in [1.29, 1.82) is 0 Å². The zero-order chi connectivity index (χ0) is 14.9. The molecular formula is C13H19N3O3S. The van der Waals surface area contributed by atoms with Crippen molar-refractivity contribution in [2.45, 2.75) is 31.3 Å². The number of carbonyl (C=O) groups is 1. The molecule has 20 heavy (non-hydrogen) atoms. The monoisotopic (exact) mass is 297 g/mol. The van der Waals surface area contributed by atoms with Crippen LogP contribution in [0.1, 0.15) is 30.6 Å². The van der Waals surface area contributed by atoms with Gasteiger partial charge < -0.3 is 4.90 Å². The Morgan fingerprint density at radius 2 is 2.15 bits per heavy atom. The lowest BCUT2D eigenvalue weighted by Gasteiger charge is -2.43. The van der Waals surface area contributed by atoms with Gasteiger partial charge >= 0.3 is 0 Å².